The van der Waals surface area contributed by atoms with Crippen LogP contribution in [-0.4, -0.2) is 13.7 Å². The normalized spacial score (nSPS) is 17.0. The van der Waals surface area contributed by atoms with Gasteiger partial charge < -0.3 is 14.5 Å². The van der Waals surface area contributed by atoms with Crippen LogP contribution >= 0.6 is 0 Å². The minimum atomic E-state index is 0.355. The van der Waals surface area contributed by atoms with E-state index in [9.17, 15) is 0 Å². The van der Waals surface area contributed by atoms with Gasteiger partial charge >= 0.3 is 0 Å². The Kier molecular flexibility index (Phi) is 3.00. The Morgan fingerprint density at radius 1 is 1.39 bits per heavy atom. The predicted molar refractivity (Wildman–Crippen MR) is 71.9 cm³/mol. The summed E-state index contributed by atoms with van der Waals surface area (Å²) in [6.45, 7) is 2.69. The number of fused-ring (bicyclic) bond motifs is 1. The third-order valence-electron chi connectivity index (χ3n) is 3.53. The Labute approximate surface area is 107 Å². The number of hydrogen-bond acceptors (Lipinski definition) is 3. The maximum Gasteiger partial charge on any atom is 0.134 e. The molecule has 0 saturated heterocycles. The highest BCUT2D eigenvalue weighted by Gasteiger charge is 2.33. The lowest BCUT2D eigenvalue weighted by atomic mass is 10.1. The number of rotatable bonds is 5. The van der Waals surface area contributed by atoms with Crippen LogP contribution in [0.1, 0.15) is 31.6 Å². The molecule has 1 atom stereocenters. The van der Waals surface area contributed by atoms with Crippen LogP contribution in [-0.2, 0) is 0 Å². The average molecular weight is 245 g/mol. The predicted octanol–water partition coefficient (Wildman–Crippen LogP) is 3.50. The van der Waals surface area contributed by atoms with Crippen LogP contribution < -0.4 is 10.1 Å². The smallest absolute Gasteiger partial charge is 0.134 e. The van der Waals surface area contributed by atoms with Crippen LogP contribution in [0.2, 0.25) is 0 Å². The summed E-state index contributed by atoms with van der Waals surface area (Å²) in [7, 11) is 2.00. The minimum absolute atomic E-state index is 0.355. The summed E-state index contributed by atoms with van der Waals surface area (Å²) in [4.78, 5) is 0. The van der Waals surface area contributed by atoms with Gasteiger partial charge in [0.05, 0.1) is 12.6 Å². The molecule has 1 N–H and O–H groups in total. The molecule has 0 amide bonds. The fraction of sp³-hybridized carbons (Fsp3) is 0.467. The van der Waals surface area contributed by atoms with Gasteiger partial charge in [0.2, 0.25) is 0 Å². The molecule has 1 saturated carbocycles. The first-order chi connectivity index (χ1) is 8.81. The first-order valence-electron chi connectivity index (χ1n) is 6.65. The Bertz CT molecular complexity index is 542. The van der Waals surface area contributed by atoms with E-state index >= 15 is 0 Å². The summed E-state index contributed by atoms with van der Waals surface area (Å²) in [6, 6.07) is 8.49. The zero-order chi connectivity index (χ0) is 12.5. The van der Waals surface area contributed by atoms with Crippen molar-refractivity contribution in [3.05, 3.63) is 30.0 Å². The molecule has 0 aliphatic heterocycles. The first-order valence-corrected chi connectivity index (χ1v) is 6.65. The van der Waals surface area contributed by atoms with Gasteiger partial charge in [-0.2, -0.15) is 0 Å². The van der Waals surface area contributed by atoms with Gasteiger partial charge in [-0.05, 0) is 57.0 Å². The van der Waals surface area contributed by atoms with Crippen molar-refractivity contribution in [2.75, 3.05) is 13.7 Å². The molecule has 1 aliphatic carbocycles. The minimum Gasteiger partial charge on any atom is -0.494 e. The van der Waals surface area contributed by atoms with Crippen molar-refractivity contribution in [2.45, 2.75) is 25.8 Å². The molecule has 3 nitrogen and oxygen atoms in total. The van der Waals surface area contributed by atoms with Crippen molar-refractivity contribution in [3.63, 3.8) is 0 Å². The van der Waals surface area contributed by atoms with Crippen LogP contribution in [0.4, 0.5) is 0 Å². The van der Waals surface area contributed by atoms with E-state index in [2.05, 4.69) is 11.4 Å². The number of nitrogens with one attached hydrogen (secondary N) is 1. The fourth-order valence-electron chi connectivity index (χ4n) is 2.49. The molecule has 0 spiro atoms. The lowest BCUT2D eigenvalue weighted by Crippen LogP contribution is -2.17. The quantitative estimate of drug-likeness (QED) is 0.875. The number of ether oxygens (including phenoxy) is 1. The van der Waals surface area contributed by atoms with Crippen molar-refractivity contribution in [3.8, 4) is 5.75 Å². The summed E-state index contributed by atoms with van der Waals surface area (Å²) in [5.74, 6) is 2.69. The van der Waals surface area contributed by atoms with Crippen LogP contribution in [0, 0.1) is 5.92 Å². The van der Waals surface area contributed by atoms with Gasteiger partial charge in [0.25, 0.3) is 0 Å². The monoisotopic (exact) mass is 245 g/mol. The van der Waals surface area contributed by atoms with Crippen molar-refractivity contribution in [1.29, 1.82) is 0 Å². The molecule has 18 heavy (non-hydrogen) atoms. The van der Waals surface area contributed by atoms with Crippen LogP contribution in [0.25, 0.3) is 11.0 Å². The molecule has 1 heterocycles. The Hall–Kier alpha value is -1.48. The number of hydrogen-bond donors (Lipinski definition) is 1. The molecule has 0 radical (unpaired) electrons. The second kappa shape index (κ2) is 4.65. The number of furan rings is 1. The van der Waals surface area contributed by atoms with Gasteiger partial charge in [-0.3, -0.25) is 0 Å². The van der Waals surface area contributed by atoms with Gasteiger partial charge in [0.1, 0.15) is 17.1 Å². The van der Waals surface area contributed by atoms with Gasteiger partial charge in [0, 0.05) is 5.39 Å². The topological polar surface area (TPSA) is 34.4 Å². The van der Waals surface area contributed by atoms with Crippen molar-refractivity contribution >= 4 is 11.0 Å². The van der Waals surface area contributed by atoms with Gasteiger partial charge in [0.15, 0.2) is 0 Å². The van der Waals surface area contributed by atoms with Crippen molar-refractivity contribution in [1.82, 2.24) is 5.32 Å². The third kappa shape index (κ3) is 2.10. The average Bonchev–Trinajstić information content (AvgIpc) is 3.10. The van der Waals surface area contributed by atoms with Gasteiger partial charge in [-0.15, -0.1) is 0 Å². The van der Waals surface area contributed by atoms with Gasteiger partial charge in [-0.25, -0.2) is 0 Å². The first kappa shape index (κ1) is 11.6. The van der Waals surface area contributed by atoms with E-state index in [1.165, 1.54) is 12.8 Å². The molecular weight excluding hydrogens is 226 g/mol. The SMILES string of the molecule is CCOc1ccc2oc(C(NC)C3CC3)cc2c1. The molecule has 1 aliphatic rings. The molecule has 2 aromatic rings. The summed E-state index contributed by atoms with van der Waals surface area (Å²) in [5, 5.41) is 4.48. The van der Waals surface area contributed by atoms with E-state index in [0.29, 0.717) is 12.6 Å². The van der Waals surface area contributed by atoms with Crippen LogP contribution in [0.15, 0.2) is 28.7 Å². The Morgan fingerprint density at radius 2 is 2.22 bits per heavy atom. The van der Waals surface area contributed by atoms with Gasteiger partial charge in [-0.1, -0.05) is 0 Å². The summed E-state index contributed by atoms with van der Waals surface area (Å²) >= 11 is 0. The van der Waals surface area contributed by atoms with Crippen molar-refractivity contribution in [2.24, 2.45) is 5.92 Å². The second-order valence-electron chi connectivity index (χ2n) is 4.89. The molecule has 3 heteroatoms. The second-order valence-corrected chi connectivity index (χ2v) is 4.89. The lowest BCUT2D eigenvalue weighted by molar-refractivity contribution is 0.340. The zero-order valence-electron chi connectivity index (χ0n) is 10.9. The lowest BCUT2D eigenvalue weighted by Gasteiger charge is -2.11. The highest BCUT2D eigenvalue weighted by Crippen LogP contribution is 2.42. The van der Waals surface area contributed by atoms with E-state index in [0.717, 1.165) is 28.4 Å². The summed E-state index contributed by atoms with van der Waals surface area (Å²) in [5.41, 5.74) is 0.939. The Balaban J connectivity index is 1.94. The molecule has 1 fully saturated rings. The fourth-order valence-corrected chi connectivity index (χ4v) is 2.49. The largest absolute Gasteiger partial charge is 0.494 e. The highest BCUT2D eigenvalue weighted by atomic mass is 16.5. The summed E-state index contributed by atoms with van der Waals surface area (Å²) in [6.07, 6.45) is 2.60. The van der Waals surface area contributed by atoms with E-state index in [-0.39, 0.29) is 0 Å². The Morgan fingerprint density at radius 3 is 2.89 bits per heavy atom. The van der Waals surface area contributed by atoms with Crippen LogP contribution in [0.3, 0.4) is 0 Å². The maximum atomic E-state index is 5.94. The van der Waals surface area contributed by atoms with E-state index in [4.69, 9.17) is 9.15 Å². The highest BCUT2D eigenvalue weighted by molar-refractivity contribution is 5.79. The molecular formula is C15H19NO2. The molecule has 1 aromatic carbocycles. The molecule has 96 valence electrons. The number of benzene rings is 1. The van der Waals surface area contributed by atoms with Crippen LogP contribution in [0.5, 0.6) is 5.75 Å². The third-order valence-corrected chi connectivity index (χ3v) is 3.53. The molecule has 3 rings (SSSR count). The molecule has 1 aromatic heterocycles. The van der Waals surface area contributed by atoms with Crippen molar-refractivity contribution < 1.29 is 9.15 Å². The maximum absolute atomic E-state index is 5.94. The van der Waals surface area contributed by atoms with E-state index in [1.54, 1.807) is 0 Å². The summed E-state index contributed by atoms with van der Waals surface area (Å²) < 4.78 is 11.4. The standard InChI is InChI=1S/C15H19NO2/c1-3-17-12-6-7-13-11(8-12)9-14(18-13)15(16-2)10-4-5-10/h6-10,15-16H,3-5H2,1-2H3. The van der Waals surface area contributed by atoms with E-state index < -0.39 is 0 Å². The molecule has 1 unspecified atom stereocenters. The zero-order valence-corrected chi connectivity index (χ0v) is 10.9. The van der Waals surface area contributed by atoms with E-state index in [1.807, 2.05) is 32.2 Å². The molecule has 0 bridgehead atoms.